The lowest BCUT2D eigenvalue weighted by atomic mass is 10.6. The Bertz CT molecular complexity index is 93.6. The summed E-state index contributed by atoms with van der Waals surface area (Å²) in [4.78, 5) is 8.24. The third-order valence-corrected chi connectivity index (χ3v) is 2.33. The number of isocyanates is 1. The summed E-state index contributed by atoms with van der Waals surface area (Å²) in [5.41, 5.74) is 0. The van der Waals surface area contributed by atoms with Gasteiger partial charge in [-0.2, -0.15) is 0 Å². The lowest BCUT2D eigenvalue weighted by molar-refractivity contribution is 0.237. The van der Waals surface area contributed by atoms with Gasteiger partial charge in [0.25, 0.3) is 0 Å². The van der Waals surface area contributed by atoms with Crippen LogP contribution in [0.2, 0.25) is 6.04 Å². The van der Waals surface area contributed by atoms with Crippen LogP contribution in [0.4, 0.5) is 8.78 Å². The van der Waals surface area contributed by atoms with Crippen LogP contribution >= 0.6 is 0 Å². The molecule has 0 aromatic carbocycles. The zero-order valence-electron chi connectivity index (χ0n) is 5.81. The zero-order valence-corrected chi connectivity index (χ0v) is 7.22. The third-order valence-electron chi connectivity index (χ3n) is 0.776. The van der Waals surface area contributed by atoms with Gasteiger partial charge in [-0.05, 0) is 6.08 Å². The topological polar surface area (TPSA) is 39.4 Å². The molecule has 0 aromatic rings. The summed E-state index contributed by atoms with van der Waals surface area (Å²) in [6, 6.07) is -1.17. The van der Waals surface area contributed by atoms with E-state index in [1.54, 1.807) is 0 Å². The molecule has 0 rings (SSSR count). The minimum Gasteiger partial charge on any atom is -0.724 e. The molecule has 0 spiro atoms. The van der Waals surface area contributed by atoms with Crippen LogP contribution in [0.3, 0.4) is 0 Å². The lowest BCUT2D eigenvalue weighted by Crippen LogP contribution is -2.01. The zero-order chi connectivity index (χ0) is 8.41. The average Bonchev–Trinajstić information content (AvgIpc) is 1.85. The van der Waals surface area contributed by atoms with E-state index in [1.807, 2.05) is 6.92 Å². The van der Waals surface area contributed by atoms with Gasteiger partial charge >= 0.3 is 0 Å². The van der Waals surface area contributed by atoms with Gasteiger partial charge in [0, 0.05) is 0 Å². The van der Waals surface area contributed by atoms with Crippen molar-refractivity contribution in [3.63, 3.8) is 0 Å². The maximum Gasteiger partial charge on any atom is 0.214 e. The van der Waals surface area contributed by atoms with Crippen molar-refractivity contribution in [3.05, 3.63) is 5.41 Å². The highest BCUT2D eigenvalue weighted by molar-refractivity contribution is 6.36. The highest BCUT2D eigenvalue weighted by atomic mass is 28.2. The fourth-order valence-electron chi connectivity index (χ4n) is 0.358. The van der Waals surface area contributed by atoms with Crippen LogP contribution in [0, 0.1) is 0 Å². The Hall–Kier alpha value is -0.543. The van der Waals surface area contributed by atoms with Crippen molar-refractivity contribution < 1.29 is 13.6 Å². The predicted octanol–water partition coefficient (Wildman–Crippen LogP) is 1.10. The Morgan fingerprint density at radius 1 is 1.70 bits per heavy atom. The van der Waals surface area contributed by atoms with Crippen LogP contribution in [0.15, 0.2) is 0 Å². The molecule has 0 saturated heterocycles. The molecule has 0 aliphatic rings. The molecular weight excluding hydrogens is 156 g/mol. The Labute approximate surface area is 61.0 Å². The summed E-state index contributed by atoms with van der Waals surface area (Å²) in [7, 11) is -0.987. The van der Waals surface area contributed by atoms with Crippen molar-refractivity contribution in [2.24, 2.45) is 0 Å². The molecule has 0 radical (unpaired) electrons. The highest BCUT2D eigenvalue weighted by Gasteiger charge is 1.99. The molecule has 60 valence electrons. The van der Waals surface area contributed by atoms with E-state index < -0.39 is 15.6 Å². The minimum atomic E-state index is -1.96. The van der Waals surface area contributed by atoms with Crippen LogP contribution in [0.1, 0.15) is 13.3 Å². The van der Waals surface area contributed by atoms with Crippen LogP contribution in [-0.2, 0) is 4.79 Å². The number of nitrogens with zero attached hydrogens (tertiary/aromatic N) is 1. The van der Waals surface area contributed by atoms with Gasteiger partial charge in [0.15, 0.2) is 0 Å². The summed E-state index contributed by atoms with van der Waals surface area (Å²) in [5.74, 6) is 0. The van der Waals surface area contributed by atoms with E-state index in [4.69, 9.17) is 10.2 Å². The Kier molecular flexibility index (Phi) is 13.7. The molecule has 0 fully saturated rings. The summed E-state index contributed by atoms with van der Waals surface area (Å²) in [6.07, 6.45) is 1.43. The van der Waals surface area contributed by atoms with E-state index in [9.17, 15) is 8.78 Å². The number of hydrogen-bond acceptors (Lipinski definition) is 1. The molecule has 0 amide bonds. The Morgan fingerprint density at radius 2 is 2.10 bits per heavy atom. The van der Waals surface area contributed by atoms with Crippen molar-refractivity contribution >= 4 is 15.6 Å². The second-order valence-corrected chi connectivity index (χ2v) is 3.53. The van der Waals surface area contributed by atoms with Gasteiger partial charge in [0.2, 0.25) is 6.05 Å². The number of halogens is 2. The van der Waals surface area contributed by atoms with Gasteiger partial charge < -0.3 is 5.41 Å². The molecule has 0 saturated carbocycles. The van der Waals surface area contributed by atoms with E-state index in [1.165, 1.54) is 0 Å². The Morgan fingerprint density at radius 3 is 2.20 bits per heavy atom. The largest absolute Gasteiger partial charge is 0.724 e. The van der Waals surface area contributed by atoms with Crippen molar-refractivity contribution in [2.45, 2.75) is 25.4 Å². The molecule has 10 heavy (non-hydrogen) atoms. The fourth-order valence-corrected chi connectivity index (χ4v) is 1.08. The van der Waals surface area contributed by atoms with Crippen LogP contribution in [-0.4, -0.2) is 21.6 Å². The molecule has 0 unspecified atom stereocenters. The monoisotopic (exact) mass is 166 g/mol. The first-order valence-corrected chi connectivity index (χ1v) is 4.80. The van der Waals surface area contributed by atoms with E-state index in [0.29, 0.717) is 6.08 Å². The van der Waals surface area contributed by atoms with Gasteiger partial charge in [-0.3, -0.25) is 4.79 Å². The van der Waals surface area contributed by atoms with Gasteiger partial charge in [0.1, 0.15) is 9.52 Å². The second kappa shape index (κ2) is 11.3. The van der Waals surface area contributed by atoms with Gasteiger partial charge in [-0.25, -0.2) is 8.78 Å². The van der Waals surface area contributed by atoms with Crippen LogP contribution in [0.25, 0.3) is 5.41 Å². The first kappa shape index (κ1) is 12.2. The molecular formula is C5H10F2NOSi-. The van der Waals surface area contributed by atoms with Gasteiger partial charge in [0.05, 0.1) is 0 Å². The number of alkyl halides is 2. The molecule has 0 aliphatic heterocycles. The number of carbonyl (C=O) groups excluding carboxylic acids is 1. The maximum atomic E-state index is 11.3. The highest BCUT2D eigenvalue weighted by Crippen LogP contribution is 1.94. The summed E-state index contributed by atoms with van der Waals surface area (Å²) >= 11 is 0. The normalized spacial score (nSPS) is 9.20. The number of hydrogen-bond donors (Lipinski definition) is 0. The van der Waals surface area contributed by atoms with Crippen molar-refractivity contribution in [1.82, 2.24) is 0 Å². The van der Waals surface area contributed by atoms with E-state index >= 15 is 0 Å². The Balaban J connectivity index is 0. The molecule has 0 N–H and O–H groups in total. The van der Waals surface area contributed by atoms with Crippen LogP contribution in [0.5, 0.6) is 0 Å². The third kappa shape index (κ3) is 26.0. The van der Waals surface area contributed by atoms with E-state index in [2.05, 4.69) is 0 Å². The van der Waals surface area contributed by atoms with E-state index in [-0.39, 0.29) is 0 Å². The standard InChI is InChI=1S/C4H10F2Si.CNO/c1-2-3-7-4(5)6;2-1-3/h4H,2-3,7H2,1H3;/q;-1. The first-order chi connectivity index (χ1) is 4.68. The molecule has 0 heterocycles. The molecule has 5 heteroatoms. The minimum absolute atomic E-state index is 0.500. The average molecular weight is 166 g/mol. The molecule has 0 aliphatic carbocycles. The summed E-state index contributed by atoms with van der Waals surface area (Å²) < 4.78 is 22.6. The molecule has 0 aromatic heterocycles. The fraction of sp³-hybridized carbons (Fsp3) is 0.800. The van der Waals surface area contributed by atoms with Gasteiger partial charge in [-0.1, -0.05) is 19.4 Å². The maximum absolute atomic E-state index is 11.3. The van der Waals surface area contributed by atoms with Gasteiger partial charge in [-0.15, -0.1) is 0 Å². The molecule has 0 atom stereocenters. The predicted molar refractivity (Wildman–Crippen MR) is 38.7 cm³/mol. The second-order valence-electron chi connectivity index (χ2n) is 1.62. The molecule has 0 bridgehead atoms. The summed E-state index contributed by atoms with van der Waals surface area (Å²) in [6.45, 7) is 1.94. The molecule has 2 nitrogen and oxygen atoms in total. The smallest absolute Gasteiger partial charge is 0.214 e. The van der Waals surface area contributed by atoms with Crippen LogP contribution < -0.4 is 0 Å². The van der Waals surface area contributed by atoms with Crippen molar-refractivity contribution in [1.29, 1.82) is 0 Å². The lowest BCUT2D eigenvalue weighted by Gasteiger charge is -1.90. The van der Waals surface area contributed by atoms with Crippen molar-refractivity contribution in [3.8, 4) is 0 Å². The van der Waals surface area contributed by atoms with Crippen molar-refractivity contribution in [2.75, 3.05) is 0 Å². The number of rotatable bonds is 3. The van der Waals surface area contributed by atoms with E-state index in [0.717, 1.165) is 12.5 Å². The first-order valence-electron chi connectivity index (χ1n) is 2.98. The summed E-state index contributed by atoms with van der Waals surface area (Å²) in [5, 5.41) is 6.76. The quantitative estimate of drug-likeness (QED) is 0.351. The SMILES string of the molecule is CCC[SiH2]C(F)F.[N-]=C=O.